The Labute approximate surface area is 145 Å². The smallest absolute Gasteiger partial charge is 0.0454 e. The number of H-pyrrole nitrogens is 1. The number of halogens is 2. The van der Waals surface area contributed by atoms with Crippen LogP contribution >= 0.6 is 24.8 Å². The summed E-state index contributed by atoms with van der Waals surface area (Å²) in [4.78, 5) is 5.93. The van der Waals surface area contributed by atoms with Crippen molar-refractivity contribution in [1.29, 1.82) is 0 Å². The second-order valence-electron chi connectivity index (χ2n) is 6.26. The highest BCUT2D eigenvalue weighted by atomic mass is 35.5. The van der Waals surface area contributed by atoms with Gasteiger partial charge in [0.2, 0.25) is 0 Å². The molecule has 0 radical (unpaired) electrons. The maximum absolute atomic E-state index is 3.45. The first-order valence-corrected chi connectivity index (χ1v) is 7.76. The summed E-state index contributed by atoms with van der Waals surface area (Å²) in [6.07, 6.45) is 3.26. The Bertz CT molecular complexity index is 562. The molecular weight excluding hydrogens is 317 g/mol. The molecule has 1 saturated heterocycles. The lowest BCUT2D eigenvalue weighted by atomic mass is 9.94. The number of rotatable bonds is 4. The normalized spacial score (nSPS) is 17.0. The van der Waals surface area contributed by atoms with Gasteiger partial charge in [-0.15, -0.1) is 24.8 Å². The molecule has 0 spiro atoms. The summed E-state index contributed by atoms with van der Waals surface area (Å²) in [5, 5.41) is 4.78. The third-order valence-corrected chi connectivity index (χ3v) is 4.25. The summed E-state index contributed by atoms with van der Waals surface area (Å²) in [5.74, 6) is 0.719. The van der Waals surface area contributed by atoms with Gasteiger partial charge in [-0.25, -0.2) is 0 Å². The highest BCUT2D eigenvalue weighted by Crippen LogP contribution is 2.30. The van der Waals surface area contributed by atoms with E-state index in [1.165, 1.54) is 22.9 Å². The highest BCUT2D eigenvalue weighted by Gasteiger charge is 2.23. The Morgan fingerprint density at radius 2 is 1.82 bits per heavy atom. The Morgan fingerprint density at radius 1 is 1.09 bits per heavy atom. The van der Waals surface area contributed by atoms with E-state index >= 15 is 0 Å². The number of nitrogens with one attached hydrogen (secondary N) is 2. The van der Waals surface area contributed by atoms with E-state index in [2.05, 4.69) is 53.3 Å². The number of benzene rings is 1. The highest BCUT2D eigenvalue weighted by molar-refractivity contribution is 5.85. The van der Waals surface area contributed by atoms with Crippen LogP contribution in [0.15, 0.2) is 30.5 Å². The number of fused-ring (bicyclic) bond motifs is 1. The Balaban J connectivity index is 0.00000121. The number of hydrogen-bond donors (Lipinski definition) is 2. The molecule has 22 heavy (non-hydrogen) atoms. The van der Waals surface area contributed by atoms with Gasteiger partial charge in [0.05, 0.1) is 0 Å². The van der Waals surface area contributed by atoms with E-state index in [1.807, 2.05) is 6.20 Å². The van der Waals surface area contributed by atoms with Crippen molar-refractivity contribution in [2.75, 3.05) is 26.2 Å². The van der Waals surface area contributed by atoms with Crippen molar-refractivity contribution in [3.63, 3.8) is 0 Å². The number of nitrogens with zero attached hydrogens (tertiary/aromatic N) is 1. The molecule has 0 saturated carbocycles. The summed E-state index contributed by atoms with van der Waals surface area (Å²) < 4.78 is 0. The fraction of sp³-hybridized carbons (Fsp3) is 0.529. The third kappa shape index (κ3) is 4.39. The van der Waals surface area contributed by atoms with Crippen LogP contribution in [0.2, 0.25) is 0 Å². The van der Waals surface area contributed by atoms with Gasteiger partial charge in [-0.2, -0.15) is 0 Å². The van der Waals surface area contributed by atoms with Crippen LogP contribution in [0.5, 0.6) is 0 Å². The molecule has 124 valence electrons. The molecule has 5 heteroatoms. The van der Waals surface area contributed by atoms with E-state index in [4.69, 9.17) is 0 Å². The molecule has 0 bridgehead atoms. The lowest BCUT2D eigenvalue weighted by Gasteiger charge is -2.36. The molecule has 2 aromatic rings. The van der Waals surface area contributed by atoms with Gasteiger partial charge in [-0.3, -0.25) is 4.90 Å². The minimum Gasteiger partial charge on any atom is -0.361 e. The summed E-state index contributed by atoms with van der Waals surface area (Å²) in [7, 11) is 0. The van der Waals surface area contributed by atoms with Crippen LogP contribution < -0.4 is 5.32 Å². The molecule has 1 atom stereocenters. The Morgan fingerprint density at radius 3 is 2.50 bits per heavy atom. The molecule has 1 aromatic heterocycles. The van der Waals surface area contributed by atoms with Gasteiger partial charge < -0.3 is 10.3 Å². The first-order chi connectivity index (χ1) is 9.74. The minimum atomic E-state index is 0. The molecule has 1 aromatic carbocycles. The van der Waals surface area contributed by atoms with Gasteiger partial charge in [-0.05, 0) is 41.5 Å². The molecule has 1 aliphatic rings. The van der Waals surface area contributed by atoms with Crippen molar-refractivity contribution < 1.29 is 0 Å². The Hall–Kier alpha value is -0.740. The van der Waals surface area contributed by atoms with E-state index in [0.29, 0.717) is 6.04 Å². The first-order valence-electron chi connectivity index (χ1n) is 7.76. The predicted octanol–water partition coefficient (Wildman–Crippen LogP) is 4.00. The van der Waals surface area contributed by atoms with Crippen LogP contribution in [0.1, 0.15) is 31.9 Å². The monoisotopic (exact) mass is 343 g/mol. The molecule has 3 rings (SSSR count). The van der Waals surface area contributed by atoms with Gasteiger partial charge in [0, 0.05) is 43.9 Å². The van der Waals surface area contributed by atoms with E-state index in [1.54, 1.807) is 0 Å². The van der Waals surface area contributed by atoms with Crippen LogP contribution in [0.25, 0.3) is 10.9 Å². The first kappa shape index (κ1) is 19.3. The number of aromatic amines is 1. The molecule has 2 heterocycles. The fourth-order valence-electron chi connectivity index (χ4n) is 3.22. The third-order valence-electron chi connectivity index (χ3n) is 4.25. The predicted molar refractivity (Wildman–Crippen MR) is 99.4 cm³/mol. The SMILES string of the molecule is CC(C)C[C@H](c1ccc2[nH]ccc2c1)N1CCNCC1.Cl.Cl. The maximum atomic E-state index is 3.45. The van der Waals surface area contributed by atoms with Crippen LogP contribution in [-0.2, 0) is 0 Å². The molecule has 0 unspecified atom stereocenters. The zero-order valence-corrected chi connectivity index (χ0v) is 15.0. The molecular formula is C17H27Cl2N3. The quantitative estimate of drug-likeness (QED) is 0.878. The van der Waals surface area contributed by atoms with Crippen molar-refractivity contribution in [3.8, 4) is 0 Å². The second kappa shape index (κ2) is 8.78. The van der Waals surface area contributed by atoms with Crippen LogP contribution in [0, 0.1) is 5.92 Å². The van der Waals surface area contributed by atoms with Crippen LogP contribution in [-0.4, -0.2) is 36.1 Å². The van der Waals surface area contributed by atoms with Gasteiger partial charge in [0.25, 0.3) is 0 Å². The molecule has 0 amide bonds. The van der Waals surface area contributed by atoms with Gasteiger partial charge in [0.15, 0.2) is 0 Å². The number of piperazine rings is 1. The lowest BCUT2D eigenvalue weighted by molar-refractivity contribution is 0.154. The van der Waals surface area contributed by atoms with Crippen molar-refractivity contribution in [3.05, 3.63) is 36.0 Å². The summed E-state index contributed by atoms with van der Waals surface area (Å²) >= 11 is 0. The topological polar surface area (TPSA) is 31.1 Å². The van der Waals surface area contributed by atoms with Crippen LogP contribution in [0.4, 0.5) is 0 Å². The van der Waals surface area contributed by atoms with Crippen molar-refractivity contribution in [2.45, 2.75) is 26.3 Å². The van der Waals surface area contributed by atoms with Gasteiger partial charge >= 0.3 is 0 Å². The van der Waals surface area contributed by atoms with E-state index in [9.17, 15) is 0 Å². The Kier molecular flexibility index (Phi) is 7.70. The summed E-state index contributed by atoms with van der Waals surface area (Å²) in [5.41, 5.74) is 2.70. The van der Waals surface area contributed by atoms with E-state index < -0.39 is 0 Å². The fourth-order valence-corrected chi connectivity index (χ4v) is 3.22. The van der Waals surface area contributed by atoms with Crippen molar-refractivity contribution >= 4 is 35.7 Å². The summed E-state index contributed by atoms with van der Waals surface area (Å²) in [6, 6.07) is 9.61. The largest absolute Gasteiger partial charge is 0.361 e. The molecule has 3 nitrogen and oxygen atoms in total. The van der Waals surface area contributed by atoms with Crippen molar-refractivity contribution in [1.82, 2.24) is 15.2 Å². The second-order valence-corrected chi connectivity index (χ2v) is 6.26. The molecule has 1 aliphatic heterocycles. The lowest BCUT2D eigenvalue weighted by Crippen LogP contribution is -2.45. The summed E-state index contributed by atoms with van der Waals surface area (Å²) in [6.45, 7) is 9.18. The number of aromatic nitrogens is 1. The average molecular weight is 344 g/mol. The standard InChI is InChI=1S/C17H25N3.2ClH/c1-13(2)11-17(20-9-7-18-8-10-20)15-3-4-16-14(12-15)5-6-19-16;;/h3-6,12-13,17-19H,7-11H2,1-2H3;2*1H/t17-;;/m1../s1. The van der Waals surface area contributed by atoms with Gasteiger partial charge in [-0.1, -0.05) is 19.9 Å². The van der Waals surface area contributed by atoms with E-state index in [0.717, 1.165) is 32.1 Å². The van der Waals surface area contributed by atoms with E-state index in [-0.39, 0.29) is 24.8 Å². The molecule has 0 aliphatic carbocycles. The zero-order valence-electron chi connectivity index (χ0n) is 13.3. The number of hydrogen-bond acceptors (Lipinski definition) is 2. The zero-order chi connectivity index (χ0) is 13.9. The van der Waals surface area contributed by atoms with Crippen LogP contribution in [0.3, 0.4) is 0 Å². The van der Waals surface area contributed by atoms with Gasteiger partial charge in [0.1, 0.15) is 0 Å². The maximum Gasteiger partial charge on any atom is 0.0454 e. The molecule has 1 fully saturated rings. The molecule has 2 N–H and O–H groups in total. The van der Waals surface area contributed by atoms with Crippen molar-refractivity contribution in [2.24, 2.45) is 5.92 Å². The average Bonchev–Trinajstić information content (AvgIpc) is 2.93. The minimum absolute atomic E-state index is 0.